The van der Waals surface area contributed by atoms with Crippen LogP contribution in [-0.2, 0) is 4.79 Å². The Morgan fingerprint density at radius 3 is 1.75 bits per heavy atom. The van der Waals surface area contributed by atoms with Gasteiger partial charge in [0.05, 0.1) is 13.2 Å². The standard InChI is InChI=1S/C4H11NO2.C2H3ClO2/c6-3-1-5-2-4-7;3-1-2(4)5/h5-7H,1-4H2;1H2,(H,4,5). The Hall–Kier alpha value is -0.360. The molecule has 0 aliphatic rings. The molecule has 0 aliphatic carbocycles. The second-order valence-electron chi connectivity index (χ2n) is 1.72. The van der Waals surface area contributed by atoms with E-state index >= 15 is 0 Å². The first-order valence-electron chi connectivity index (χ1n) is 3.39. The molecule has 0 bridgehead atoms. The van der Waals surface area contributed by atoms with Gasteiger partial charge in [-0.1, -0.05) is 0 Å². The van der Waals surface area contributed by atoms with Crippen molar-refractivity contribution in [1.82, 2.24) is 5.32 Å². The molecule has 0 amide bonds. The molecule has 0 aliphatic heterocycles. The molecule has 0 spiro atoms. The Labute approximate surface area is 76.0 Å². The van der Waals surface area contributed by atoms with Crippen molar-refractivity contribution >= 4 is 17.6 Å². The van der Waals surface area contributed by atoms with Crippen LogP contribution in [0, 0.1) is 0 Å². The van der Waals surface area contributed by atoms with Crippen LogP contribution in [0.3, 0.4) is 0 Å². The van der Waals surface area contributed by atoms with E-state index in [1.165, 1.54) is 0 Å². The summed E-state index contributed by atoms with van der Waals surface area (Å²) in [4.78, 5) is 9.24. The first kappa shape index (κ1) is 14.2. The third-order valence-corrected chi connectivity index (χ3v) is 0.920. The lowest BCUT2D eigenvalue weighted by molar-refractivity contribution is -0.134. The summed E-state index contributed by atoms with van der Waals surface area (Å²) in [6, 6.07) is 0. The van der Waals surface area contributed by atoms with Crippen LogP contribution < -0.4 is 5.32 Å². The fourth-order valence-corrected chi connectivity index (χ4v) is 0.283. The first-order valence-corrected chi connectivity index (χ1v) is 3.92. The van der Waals surface area contributed by atoms with Crippen molar-refractivity contribution in [2.45, 2.75) is 0 Å². The lowest BCUT2D eigenvalue weighted by Crippen LogP contribution is -2.21. The second-order valence-corrected chi connectivity index (χ2v) is 1.99. The van der Waals surface area contributed by atoms with Gasteiger partial charge in [0.1, 0.15) is 5.88 Å². The number of hydrogen-bond donors (Lipinski definition) is 4. The molecule has 0 unspecified atom stereocenters. The maximum Gasteiger partial charge on any atom is 0.318 e. The van der Waals surface area contributed by atoms with Gasteiger partial charge < -0.3 is 20.6 Å². The molecule has 5 nitrogen and oxygen atoms in total. The summed E-state index contributed by atoms with van der Waals surface area (Å²) in [6.45, 7) is 1.42. The van der Waals surface area contributed by atoms with Crippen LogP contribution in [0.15, 0.2) is 0 Å². The summed E-state index contributed by atoms with van der Waals surface area (Å²) in [5.41, 5.74) is 0. The molecule has 4 N–H and O–H groups in total. The summed E-state index contributed by atoms with van der Waals surface area (Å²) < 4.78 is 0. The molecule has 0 saturated carbocycles. The molecule has 12 heavy (non-hydrogen) atoms. The summed E-state index contributed by atoms with van der Waals surface area (Å²) >= 11 is 4.74. The SMILES string of the molecule is O=C(O)CCl.OCCNCCO. The minimum Gasteiger partial charge on any atom is -0.480 e. The maximum atomic E-state index is 9.24. The minimum absolute atomic E-state index is 0.139. The minimum atomic E-state index is -0.980. The zero-order valence-electron chi connectivity index (χ0n) is 6.66. The lowest BCUT2D eigenvalue weighted by atomic mass is 10.6. The van der Waals surface area contributed by atoms with E-state index in [4.69, 9.17) is 26.9 Å². The van der Waals surface area contributed by atoms with E-state index in [-0.39, 0.29) is 19.1 Å². The number of carboxylic acid groups (broad SMARTS) is 1. The van der Waals surface area contributed by atoms with E-state index in [0.29, 0.717) is 13.1 Å². The van der Waals surface area contributed by atoms with Crippen molar-refractivity contribution < 1.29 is 20.1 Å². The molecule has 0 radical (unpaired) electrons. The predicted molar refractivity (Wildman–Crippen MR) is 45.4 cm³/mol. The van der Waals surface area contributed by atoms with E-state index in [9.17, 15) is 4.79 Å². The first-order chi connectivity index (χ1) is 5.68. The lowest BCUT2D eigenvalue weighted by Gasteiger charge is -1.94. The largest absolute Gasteiger partial charge is 0.480 e. The van der Waals surface area contributed by atoms with Gasteiger partial charge in [-0.15, -0.1) is 11.6 Å². The molecule has 0 saturated heterocycles. The Morgan fingerprint density at radius 2 is 1.58 bits per heavy atom. The average molecular weight is 200 g/mol. The number of aliphatic hydroxyl groups excluding tert-OH is 2. The van der Waals surface area contributed by atoms with E-state index < -0.39 is 5.97 Å². The fraction of sp³-hybridized carbons (Fsp3) is 0.833. The van der Waals surface area contributed by atoms with Gasteiger partial charge in [-0.25, -0.2) is 0 Å². The Bertz CT molecular complexity index is 97.5. The topological polar surface area (TPSA) is 89.8 Å². The highest BCUT2D eigenvalue weighted by atomic mass is 35.5. The molecule has 74 valence electrons. The van der Waals surface area contributed by atoms with Crippen LogP contribution in [0.4, 0.5) is 0 Å². The van der Waals surface area contributed by atoms with Gasteiger partial charge in [0.25, 0.3) is 0 Å². The summed E-state index contributed by atoms with van der Waals surface area (Å²) in [6.07, 6.45) is 0. The van der Waals surface area contributed by atoms with Gasteiger partial charge in [-0.2, -0.15) is 0 Å². The zero-order chi connectivity index (χ0) is 9.82. The molecular formula is C6H14ClNO4. The van der Waals surface area contributed by atoms with E-state index in [2.05, 4.69) is 5.32 Å². The highest BCUT2D eigenvalue weighted by molar-refractivity contribution is 6.26. The van der Waals surface area contributed by atoms with Crippen LogP contribution >= 0.6 is 11.6 Å². The third-order valence-electron chi connectivity index (χ3n) is 0.691. The van der Waals surface area contributed by atoms with Gasteiger partial charge in [-0.05, 0) is 0 Å². The highest BCUT2D eigenvalue weighted by Crippen LogP contribution is 1.67. The molecule has 0 fully saturated rings. The molecule has 0 aromatic rings. The van der Waals surface area contributed by atoms with Gasteiger partial charge in [-0.3, -0.25) is 4.79 Å². The molecule has 0 aromatic heterocycles. The van der Waals surface area contributed by atoms with Crippen LogP contribution in [-0.4, -0.2) is 53.5 Å². The summed E-state index contributed by atoms with van der Waals surface area (Å²) in [7, 11) is 0. The molecule has 0 atom stereocenters. The van der Waals surface area contributed by atoms with Crippen molar-refractivity contribution in [1.29, 1.82) is 0 Å². The number of halogens is 1. The number of alkyl halides is 1. The highest BCUT2D eigenvalue weighted by Gasteiger charge is 1.83. The number of carbonyl (C=O) groups is 1. The van der Waals surface area contributed by atoms with E-state index in [1.54, 1.807) is 0 Å². The van der Waals surface area contributed by atoms with Crippen LogP contribution in [0.25, 0.3) is 0 Å². The Balaban J connectivity index is 0. The smallest absolute Gasteiger partial charge is 0.318 e. The van der Waals surface area contributed by atoms with Crippen molar-refractivity contribution in [3.05, 3.63) is 0 Å². The fourth-order valence-electron chi connectivity index (χ4n) is 0.283. The van der Waals surface area contributed by atoms with Gasteiger partial charge >= 0.3 is 5.97 Å². The van der Waals surface area contributed by atoms with E-state index in [1.807, 2.05) is 0 Å². The van der Waals surface area contributed by atoms with Gasteiger partial charge in [0.15, 0.2) is 0 Å². The van der Waals surface area contributed by atoms with Crippen molar-refractivity contribution in [3.63, 3.8) is 0 Å². The quantitative estimate of drug-likeness (QED) is 0.332. The van der Waals surface area contributed by atoms with Crippen molar-refractivity contribution in [3.8, 4) is 0 Å². The van der Waals surface area contributed by atoms with E-state index in [0.717, 1.165) is 0 Å². The van der Waals surface area contributed by atoms with Gasteiger partial charge in [0.2, 0.25) is 0 Å². The third kappa shape index (κ3) is 22.6. The molecule has 0 heterocycles. The Morgan fingerprint density at radius 1 is 1.25 bits per heavy atom. The summed E-state index contributed by atoms with van der Waals surface area (Å²) in [5, 5.41) is 26.7. The monoisotopic (exact) mass is 199 g/mol. The number of aliphatic carboxylic acids is 1. The Kier molecular flexibility index (Phi) is 15.7. The van der Waals surface area contributed by atoms with Crippen molar-refractivity contribution in [2.24, 2.45) is 0 Å². The number of carboxylic acids is 1. The average Bonchev–Trinajstić information content (AvgIpc) is 2.07. The normalized spacial score (nSPS) is 8.58. The zero-order valence-corrected chi connectivity index (χ0v) is 7.42. The molecule has 0 rings (SSSR count). The molecule has 6 heteroatoms. The van der Waals surface area contributed by atoms with Crippen molar-refractivity contribution in [2.75, 3.05) is 32.2 Å². The summed E-state index contributed by atoms with van der Waals surface area (Å²) in [5.74, 6) is -1.29. The number of aliphatic hydroxyl groups is 2. The number of rotatable bonds is 5. The second kappa shape index (κ2) is 13.2. The van der Waals surface area contributed by atoms with Crippen LogP contribution in [0.2, 0.25) is 0 Å². The van der Waals surface area contributed by atoms with Crippen LogP contribution in [0.5, 0.6) is 0 Å². The van der Waals surface area contributed by atoms with Crippen LogP contribution in [0.1, 0.15) is 0 Å². The molecule has 0 aromatic carbocycles. The molecular weight excluding hydrogens is 186 g/mol. The predicted octanol–water partition coefficient (Wildman–Crippen LogP) is -1.13. The maximum absolute atomic E-state index is 9.24. The van der Waals surface area contributed by atoms with Gasteiger partial charge in [0, 0.05) is 13.1 Å². The number of nitrogens with one attached hydrogen (secondary N) is 1. The number of hydrogen-bond acceptors (Lipinski definition) is 4.